The number of anilines is 1. The van der Waals surface area contributed by atoms with E-state index >= 15 is 0 Å². The fourth-order valence-electron chi connectivity index (χ4n) is 3.03. The highest BCUT2D eigenvalue weighted by molar-refractivity contribution is 7.98. The third-order valence-corrected chi connectivity index (χ3v) is 5.87. The van der Waals surface area contributed by atoms with Crippen molar-refractivity contribution in [1.29, 1.82) is 0 Å². The summed E-state index contributed by atoms with van der Waals surface area (Å²) in [6.45, 7) is 3.52. The molecule has 0 saturated carbocycles. The first-order chi connectivity index (χ1) is 14.7. The minimum absolute atomic E-state index is 0.652. The third-order valence-electron chi connectivity index (χ3n) is 4.54. The Hall–Kier alpha value is -2.50. The van der Waals surface area contributed by atoms with Crippen LogP contribution >= 0.6 is 24.0 Å². The van der Waals surface area contributed by atoms with Crippen molar-refractivity contribution in [2.24, 2.45) is 0 Å². The van der Waals surface area contributed by atoms with Gasteiger partial charge in [-0.1, -0.05) is 48.5 Å². The van der Waals surface area contributed by atoms with E-state index in [0.29, 0.717) is 11.7 Å². The Morgan fingerprint density at radius 2 is 1.67 bits per heavy atom. The fourth-order valence-corrected chi connectivity index (χ4v) is 4.13. The SMILES string of the molecule is CCOc1ccccc1CCCNC(=S)Nc1ccc(CSc2ccccc2)cc1. The highest BCUT2D eigenvalue weighted by Crippen LogP contribution is 2.23. The Labute approximate surface area is 189 Å². The van der Waals surface area contributed by atoms with Crippen molar-refractivity contribution in [1.82, 2.24) is 5.32 Å². The topological polar surface area (TPSA) is 33.3 Å². The number of benzene rings is 3. The number of hydrogen-bond donors (Lipinski definition) is 2. The number of aryl methyl sites for hydroxylation is 1. The first-order valence-corrected chi connectivity index (χ1v) is 11.7. The molecular formula is C25H28N2OS2. The first-order valence-electron chi connectivity index (χ1n) is 10.3. The predicted octanol–water partition coefficient (Wildman–Crippen LogP) is 6.30. The second kappa shape index (κ2) is 12.3. The number of ether oxygens (including phenoxy) is 1. The molecule has 0 atom stereocenters. The van der Waals surface area contributed by atoms with Gasteiger partial charge in [0.15, 0.2) is 5.11 Å². The lowest BCUT2D eigenvalue weighted by Gasteiger charge is -2.12. The predicted molar refractivity (Wildman–Crippen MR) is 133 cm³/mol. The highest BCUT2D eigenvalue weighted by Gasteiger charge is 2.03. The summed E-state index contributed by atoms with van der Waals surface area (Å²) in [4.78, 5) is 1.29. The number of nitrogens with one attached hydrogen (secondary N) is 2. The zero-order valence-corrected chi connectivity index (χ0v) is 18.9. The average Bonchev–Trinajstić information content (AvgIpc) is 2.78. The summed E-state index contributed by atoms with van der Waals surface area (Å²) in [5.41, 5.74) is 3.54. The van der Waals surface area contributed by atoms with Crippen molar-refractivity contribution < 1.29 is 4.74 Å². The van der Waals surface area contributed by atoms with Crippen LogP contribution in [0.3, 0.4) is 0 Å². The molecular weight excluding hydrogens is 408 g/mol. The Kier molecular flexibility index (Phi) is 9.06. The molecule has 0 heterocycles. The van der Waals surface area contributed by atoms with Crippen LogP contribution in [0.5, 0.6) is 5.75 Å². The van der Waals surface area contributed by atoms with Gasteiger partial charge in [0.25, 0.3) is 0 Å². The highest BCUT2D eigenvalue weighted by atomic mass is 32.2. The van der Waals surface area contributed by atoms with Gasteiger partial charge in [-0.15, -0.1) is 11.8 Å². The maximum atomic E-state index is 5.69. The minimum atomic E-state index is 0.652. The van der Waals surface area contributed by atoms with Gasteiger partial charge in [-0.2, -0.15) is 0 Å². The molecule has 0 spiro atoms. The van der Waals surface area contributed by atoms with E-state index < -0.39 is 0 Å². The Morgan fingerprint density at radius 1 is 0.933 bits per heavy atom. The fraction of sp³-hybridized carbons (Fsp3) is 0.240. The molecule has 30 heavy (non-hydrogen) atoms. The average molecular weight is 437 g/mol. The quantitative estimate of drug-likeness (QED) is 0.221. The van der Waals surface area contributed by atoms with E-state index in [4.69, 9.17) is 17.0 Å². The van der Waals surface area contributed by atoms with E-state index in [1.165, 1.54) is 16.0 Å². The van der Waals surface area contributed by atoms with Crippen molar-refractivity contribution in [3.05, 3.63) is 90.0 Å². The Balaban J connectivity index is 1.37. The summed E-state index contributed by atoms with van der Waals surface area (Å²) < 4.78 is 5.69. The monoisotopic (exact) mass is 436 g/mol. The molecule has 0 aliphatic rings. The molecule has 0 aliphatic carbocycles. The van der Waals surface area contributed by atoms with E-state index in [1.807, 2.05) is 36.9 Å². The van der Waals surface area contributed by atoms with Gasteiger partial charge in [-0.25, -0.2) is 0 Å². The lowest BCUT2D eigenvalue weighted by atomic mass is 10.1. The van der Waals surface area contributed by atoms with Gasteiger partial charge in [-0.05, 0) is 73.4 Å². The smallest absolute Gasteiger partial charge is 0.170 e. The molecule has 3 nitrogen and oxygen atoms in total. The van der Waals surface area contributed by atoms with Crippen molar-refractivity contribution in [3.8, 4) is 5.75 Å². The van der Waals surface area contributed by atoms with Crippen LogP contribution in [0.15, 0.2) is 83.8 Å². The van der Waals surface area contributed by atoms with Crippen LogP contribution in [0.4, 0.5) is 5.69 Å². The summed E-state index contributed by atoms with van der Waals surface area (Å²) in [5, 5.41) is 7.20. The number of hydrogen-bond acceptors (Lipinski definition) is 3. The van der Waals surface area contributed by atoms with Crippen molar-refractivity contribution in [2.75, 3.05) is 18.5 Å². The van der Waals surface area contributed by atoms with Gasteiger partial charge in [0.2, 0.25) is 0 Å². The molecule has 0 saturated heterocycles. The molecule has 3 aromatic rings. The van der Waals surface area contributed by atoms with Crippen LogP contribution in [0.25, 0.3) is 0 Å². The van der Waals surface area contributed by atoms with Gasteiger partial charge >= 0.3 is 0 Å². The van der Waals surface area contributed by atoms with E-state index in [1.54, 1.807) is 0 Å². The lowest BCUT2D eigenvalue weighted by molar-refractivity contribution is 0.336. The van der Waals surface area contributed by atoms with Gasteiger partial charge in [-0.3, -0.25) is 0 Å². The van der Waals surface area contributed by atoms with Gasteiger partial charge in [0, 0.05) is 22.9 Å². The third kappa shape index (κ3) is 7.39. The molecule has 5 heteroatoms. The van der Waals surface area contributed by atoms with Crippen molar-refractivity contribution in [3.63, 3.8) is 0 Å². The summed E-state index contributed by atoms with van der Waals surface area (Å²) in [6, 6.07) is 27.1. The number of thioether (sulfide) groups is 1. The number of para-hydroxylation sites is 1. The first kappa shape index (κ1) is 22.2. The molecule has 0 aromatic heterocycles. The van der Waals surface area contributed by atoms with E-state index in [2.05, 4.69) is 71.3 Å². The Morgan fingerprint density at radius 3 is 2.43 bits per heavy atom. The second-order valence-electron chi connectivity index (χ2n) is 6.82. The lowest BCUT2D eigenvalue weighted by Crippen LogP contribution is -2.29. The van der Waals surface area contributed by atoms with Crippen LogP contribution < -0.4 is 15.4 Å². The number of rotatable bonds is 10. The zero-order valence-electron chi connectivity index (χ0n) is 17.3. The summed E-state index contributed by atoms with van der Waals surface area (Å²) in [5.74, 6) is 1.93. The van der Waals surface area contributed by atoms with E-state index in [9.17, 15) is 0 Å². The molecule has 3 aromatic carbocycles. The van der Waals surface area contributed by atoms with Gasteiger partial charge in [0.1, 0.15) is 5.75 Å². The van der Waals surface area contributed by atoms with Gasteiger partial charge in [0.05, 0.1) is 6.61 Å². The zero-order chi connectivity index (χ0) is 21.0. The summed E-state index contributed by atoms with van der Waals surface area (Å²) in [7, 11) is 0. The standard InChI is InChI=1S/C25H28N2OS2/c1-2-28-24-13-7-6-9-21(24)10-8-18-26-25(29)27-22-16-14-20(15-17-22)19-30-23-11-4-3-5-12-23/h3-7,9,11-17H,2,8,10,18-19H2,1H3,(H2,26,27,29). The van der Waals surface area contributed by atoms with Crippen LogP contribution in [0.1, 0.15) is 24.5 Å². The molecule has 156 valence electrons. The van der Waals surface area contributed by atoms with Crippen LogP contribution in [-0.4, -0.2) is 18.3 Å². The minimum Gasteiger partial charge on any atom is -0.494 e. The number of thiocarbonyl (C=S) groups is 1. The summed E-state index contributed by atoms with van der Waals surface area (Å²) in [6.07, 6.45) is 1.95. The second-order valence-corrected chi connectivity index (χ2v) is 8.28. The maximum absolute atomic E-state index is 5.69. The van der Waals surface area contributed by atoms with E-state index in [0.717, 1.165) is 36.6 Å². The molecule has 0 bridgehead atoms. The van der Waals surface area contributed by atoms with Gasteiger partial charge < -0.3 is 15.4 Å². The van der Waals surface area contributed by atoms with Crippen molar-refractivity contribution >= 4 is 34.8 Å². The van der Waals surface area contributed by atoms with Crippen LogP contribution in [0, 0.1) is 0 Å². The Bertz CT molecular complexity index is 914. The van der Waals surface area contributed by atoms with Crippen LogP contribution in [0.2, 0.25) is 0 Å². The van der Waals surface area contributed by atoms with Crippen molar-refractivity contribution in [2.45, 2.75) is 30.4 Å². The molecule has 0 aliphatic heterocycles. The largest absolute Gasteiger partial charge is 0.494 e. The van der Waals surface area contributed by atoms with Crippen LogP contribution in [-0.2, 0) is 12.2 Å². The molecule has 0 fully saturated rings. The maximum Gasteiger partial charge on any atom is 0.170 e. The van der Waals surface area contributed by atoms with E-state index in [-0.39, 0.29) is 0 Å². The molecule has 0 radical (unpaired) electrons. The molecule has 0 amide bonds. The molecule has 0 unspecified atom stereocenters. The normalized spacial score (nSPS) is 10.4. The summed E-state index contributed by atoms with van der Waals surface area (Å²) >= 11 is 7.27. The molecule has 3 rings (SSSR count). The molecule has 2 N–H and O–H groups in total.